The molecule has 0 aromatic carbocycles. The molecule has 24 heavy (non-hydrogen) atoms. The van der Waals surface area contributed by atoms with Gasteiger partial charge in [0.25, 0.3) is 0 Å². The zero-order valence-electron chi connectivity index (χ0n) is 15.9. The minimum atomic E-state index is -0.202. The average Bonchev–Trinajstić information content (AvgIpc) is 2.81. The zero-order valence-corrected chi connectivity index (χ0v) is 15.9. The van der Waals surface area contributed by atoms with Crippen LogP contribution in [-0.4, -0.2) is 59.4 Å². The van der Waals surface area contributed by atoms with Gasteiger partial charge in [-0.15, -0.1) is 0 Å². The lowest BCUT2D eigenvalue weighted by Crippen LogP contribution is -2.53. The van der Waals surface area contributed by atoms with Crippen molar-refractivity contribution >= 4 is 11.8 Å². The van der Waals surface area contributed by atoms with Gasteiger partial charge in [-0.05, 0) is 66.5 Å². The summed E-state index contributed by atoms with van der Waals surface area (Å²) in [6, 6.07) is -0.126. The molecule has 138 valence electrons. The maximum absolute atomic E-state index is 12.7. The van der Waals surface area contributed by atoms with Crippen molar-refractivity contribution in [1.29, 1.82) is 0 Å². The fourth-order valence-electron chi connectivity index (χ4n) is 3.72. The van der Waals surface area contributed by atoms with Gasteiger partial charge in [0.15, 0.2) is 0 Å². The van der Waals surface area contributed by atoms with Crippen molar-refractivity contribution < 1.29 is 9.59 Å². The lowest BCUT2D eigenvalue weighted by atomic mass is 9.94. The van der Waals surface area contributed by atoms with Crippen molar-refractivity contribution in [3.63, 3.8) is 0 Å². The number of nitrogens with zero attached hydrogens (tertiary/aromatic N) is 2. The summed E-state index contributed by atoms with van der Waals surface area (Å²) >= 11 is 0. The highest BCUT2D eigenvalue weighted by Gasteiger charge is 2.32. The number of likely N-dealkylation sites (tertiary alicyclic amines) is 2. The zero-order chi connectivity index (χ0) is 17.7. The van der Waals surface area contributed by atoms with Gasteiger partial charge in [-0.3, -0.25) is 14.5 Å². The van der Waals surface area contributed by atoms with E-state index in [4.69, 9.17) is 0 Å². The molecule has 2 aliphatic heterocycles. The Kier molecular flexibility index (Phi) is 6.67. The van der Waals surface area contributed by atoms with Gasteiger partial charge < -0.3 is 10.2 Å². The first kappa shape index (κ1) is 19.2. The summed E-state index contributed by atoms with van der Waals surface area (Å²) in [6.07, 6.45) is 6.55. The van der Waals surface area contributed by atoms with Gasteiger partial charge in [0.2, 0.25) is 11.8 Å². The molecule has 2 aliphatic rings. The number of hydrogen-bond donors (Lipinski definition) is 1. The lowest BCUT2D eigenvalue weighted by Gasteiger charge is -2.37. The smallest absolute Gasteiger partial charge is 0.237 e. The Bertz CT molecular complexity index is 428. The van der Waals surface area contributed by atoms with E-state index in [-0.39, 0.29) is 23.4 Å². The van der Waals surface area contributed by atoms with Gasteiger partial charge in [-0.1, -0.05) is 12.8 Å². The van der Waals surface area contributed by atoms with Crippen molar-refractivity contribution in [3.8, 4) is 0 Å². The number of rotatable bonds is 3. The van der Waals surface area contributed by atoms with E-state index >= 15 is 0 Å². The van der Waals surface area contributed by atoms with Gasteiger partial charge in [0.05, 0.1) is 6.04 Å². The van der Waals surface area contributed by atoms with Crippen molar-refractivity contribution in [2.75, 3.05) is 26.2 Å². The Morgan fingerprint density at radius 2 is 1.50 bits per heavy atom. The molecule has 0 aromatic rings. The number of carbonyl (C=O) groups is 2. The molecule has 0 spiro atoms. The molecule has 1 N–H and O–H groups in total. The molecule has 0 bridgehead atoms. The quantitative estimate of drug-likeness (QED) is 0.860. The van der Waals surface area contributed by atoms with Crippen LogP contribution in [0, 0.1) is 5.92 Å². The molecule has 0 aliphatic carbocycles. The SMILES string of the molecule is CC(C(=O)NC(C)(C)C)N1CCC(C(=O)N2CCCCCC2)CC1. The minimum absolute atomic E-state index is 0.0831. The van der Waals surface area contributed by atoms with E-state index in [0.29, 0.717) is 5.91 Å². The molecule has 2 fully saturated rings. The van der Waals surface area contributed by atoms with E-state index in [9.17, 15) is 9.59 Å². The van der Waals surface area contributed by atoms with E-state index < -0.39 is 0 Å². The maximum Gasteiger partial charge on any atom is 0.237 e. The summed E-state index contributed by atoms with van der Waals surface area (Å²) in [5.41, 5.74) is -0.202. The van der Waals surface area contributed by atoms with Crippen LogP contribution in [0.1, 0.15) is 66.2 Å². The van der Waals surface area contributed by atoms with Gasteiger partial charge in [0, 0.05) is 24.5 Å². The summed E-state index contributed by atoms with van der Waals surface area (Å²) in [4.78, 5) is 29.4. The standard InChI is InChI=1S/C19H35N3O2/c1-15(17(23)20-19(2,3)4)21-13-9-16(10-14-21)18(24)22-11-7-5-6-8-12-22/h15-16H,5-14H2,1-4H3,(H,20,23). The van der Waals surface area contributed by atoms with Crippen LogP contribution >= 0.6 is 0 Å². The summed E-state index contributed by atoms with van der Waals surface area (Å²) in [5, 5.41) is 3.05. The normalized spacial score (nSPS) is 22.8. The van der Waals surface area contributed by atoms with E-state index in [1.807, 2.05) is 27.7 Å². The third kappa shape index (κ3) is 5.47. The van der Waals surface area contributed by atoms with E-state index in [1.54, 1.807) is 0 Å². The third-order valence-electron chi connectivity index (χ3n) is 5.22. The van der Waals surface area contributed by atoms with Gasteiger partial charge in [-0.25, -0.2) is 0 Å². The first-order valence-corrected chi connectivity index (χ1v) is 9.63. The molecule has 0 saturated carbocycles. The van der Waals surface area contributed by atoms with Crippen molar-refractivity contribution in [1.82, 2.24) is 15.1 Å². The van der Waals surface area contributed by atoms with Crippen LogP contribution in [0.2, 0.25) is 0 Å². The topological polar surface area (TPSA) is 52.7 Å². The van der Waals surface area contributed by atoms with E-state index in [1.165, 1.54) is 12.8 Å². The number of hydrogen-bond acceptors (Lipinski definition) is 3. The van der Waals surface area contributed by atoms with Crippen LogP contribution in [0.4, 0.5) is 0 Å². The lowest BCUT2D eigenvalue weighted by molar-refractivity contribution is -0.137. The Morgan fingerprint density at radius 1 is 0.958 bits per heavy atom. The summed E-state index contributed by atoms with van der Waals surface area (Å²) in [6.45, 7) is 11.5. The monoisotopic (exact) mass is 337 g/mol. The second-order valence-corrected chi connectivity index (χ2v) is 8.46. The van der Waals surface area contributed by atoms with Crippen LogP contribution < -0.4 is 5.32 Å². The first-order valence-electron chi connectivity index (χ1n) is 9.63. The Labute approximate surface area is 147 Å². The van der Waals surface area contributed by atoms with Gasteiger partial charge >= 0.3 is 0 Å². The van der Waals surface area contributed by atoms with Crippen LogP contribution in [0.25, 0.3) is 0 Å². The highest BCUT2D eigenvalue weighted by molar-refractivity contribution is 5.82. The summed E-state index contributed by atoms with van der Waals surface area (Å²) < 4.78 is 0. The molecule has 5 nitrogen and oxygen atoms in total. The average molecular weight is 338 g/mol. The highest BCUT2D eigenvalue weighted by atomic mass is 16.2. The molecule has 2 rings (SSSR count). The molecule has 1 unspecified atom stereocenters. The minimum Gasteiger partial charge on any atom is -0.350 e. The Morgan fingerprint density at radius 3 is 2.00 bits per heavy atom. The molecule has 2 saturated heterocycles. The van der Waals surface area contributed by atoms with Crippen LogP contribution in [0.3, 0.4) is 0 Å². The largest absolute Gasteiger partial charge is 0.350 e. The van der Waals surface area contributed by atoms with Crippen molar-refractivity contribution in [2.24, 2.45) is 5.92 Å². The molecule has 2 amide bonds. The molecule has 0 aromatic heterocycles. The van der Waals surface area contributed by atoms with Crippen molar-refractivity contribution in [2.45, 2.75) is 77.8 Å². The van der Waals surface area contributed by atoms with Gasteiger partial charge in [0.1, 0.15) is 0 Å². The first-order chi connectivity index (χ1) is 11.3. The Balaban J connectivity index is 1.82. The predicted octanol–water partition coefficient (Wildman–Crippen LogP) is 2.40. The summed E-state index contributed by atoms with van der Waals surface area (Å²) in [5.74, 6) is 0.584. The van der Waals surface area contributed by atoms with Crippen LogP contribution in [0.5, 0.6) is 0 Å². The second-order valence-electron chi connectivity index (χ2n) is 8.46. The number of carbonyl (C=O) groups excluding carboxylic acids is 2. The highest BCUT2D eigenvalue weighted by Crippen LogP contribution is 2.23. The molecule has 5 heteroatoms. The van der Waals surface area contributed by atoms with Crippen molar-refractivity contribution in [3.05, 3.63) is 0 Å². The van der Waals surface area contributed by atoms with E-state index in [2.05, 4.69) is 15.1 Å². The van der Waals surface area contributed by atoms with E-state index in [0.717, 1.165) is 51.9 Å². The van der Waals surface area contributed by atoms with Crippen LogP contribution in [0.15, 0.2) is 0 Å². The molecule has 2 heterocycles. The Hall–Kier alpha value is -1.10. The number of amides is 2. The fraction of sp³-hybridized carbons (Fsp3) is 0.895. The maximum atomic E-state index is 12.7. The summed E-state index contributed by atoms with van der Waals surface area (Å²) in [7, 11) is 0. The molecule has 1 atom stereocenters. The number of nitrogens with one attached hydrogen (secondary N) is 1. The predicted molar refractivity (Wildman–Crippen MR) is 96.7 cm³/mol. The molecular formula is C19H35N3O2. The second kappa shape index (κ2) is 8.32. The van der Waals surface area contributed by atoms with Gasteiger partial charge in [-0.2, -0.15) is 0 Å². The van der Waals surface area contributed by atoms with Crippen LogP contribution in [-0.2, 0) is 9.59 Å². The fourth-order valence-corrected chi connectivity index (χ4v) is 3.72. The molecule has 0 radical (unpaired) electrons. The molecular weight excluding hydrogens is 302 g/mol. The number of piperidine rings is 1. The third-order valence-corrected chi connectivity index (χ3v) is 5.22.